The van der Waals surface area contributed by atoms with Crippen molar-refractivity contribution >= 4 is 42.5 Å². The van der Waals surface area contributed by atoms with E-state index in [4.69, 9.17) is 26.6 Å². The largest absolute Gasteiger partial charge is 0.494 e. The molecule has 2 N–H and O–H groups in total. The molecule has 5 nitrogen and oxygen atoms in total. The molecule has 144 valence electrons. The Kier molecular flexibility index (Phi) is 6.36. The standard InChI is InChI=1S/C18H26BClN2O3.ClH/c1-17(2)18(3,4)25-19(24-17)12-7-8-14(15(20)10-12)16(23)22-9-5-6-13(21)11-22;/h7-8,10,13H,5-6,9,11,21H2,1-4H3;1H. The molecule has 3 rings (SSSR count). The van der Waals surface area contributed by atoms with Gasteiger partial charge in [-0.25, -0.2) is 0 Å². The maximum Gasteiger partial charge on any atom is 0.494 e. The number of halogens is 2. The fraction of sp³-hybridized carbons (Fsp3) is 0.611. The molecule has 0 radical (unpaired) electrons. The number of likely N-dealkylation sites (tertiary alicyclic amines) is 1. The number of amides is 1. The lowest BCUT2D eigenvalue weighted by molar-refractivity contribution is 0.00578. The van der Waals surface area contributed by atoms with E-state index in [-0.39, 0.29) is 24.4 Å². The summed E-state index contributed by atoms with van der Waals surface area (Å²) in [5, 5.41) is 0.413. The molecule has 0 bridgehead atoms. The fourth-order valence-corrected chi connectivity index (χ4v) is 3.47. The molecule has 1 atom stereocenters. The minimum Gasteiger partial charge on any atom is -0.399 e. The Morgan fingerprint density at radius 2 is 1.88 bits per heavy atom. The summed E-state index contributed by atoms with van der Waals surface area (Å²) in [4.78, 5) is 14.5. The lowest BCUT2D eigenvalue weighted by Crippen LogP contribution is -2.45. The van der Waals surface area contributed by atoms with E-state index in [1.54, 1.807) is 17.0 Å². The van der Waals surface area contributed by atoms with Gasteiger partial charge in [0.05, 0.1) is 21.8 Å². The number of nitrogens with zero attached hydrogens (tertiary/aromatic N) is 1. The molecule has 1 aromatic carbocycles. The first-order valence-corrected chi connectivity index (χ1v) is 9.18. The van der Waals surface area contributed by atoms with Crippen LogP contribution in [0.2, 0.25) is 5.02 Å². The van der Waals surface area contributed by atoms with Crippen molar-refractivity contribution < 1.29 is 14.1 Å². The van der Waals surface area contributed by atoms with Crippen LogP contribution >= 0.6 is 24.0 Å². The van der Waals surface area contributed by atoms with Crippen LogP contribution in [0.3, 0.4) is 0 Å². The van der Waals surface area contributed by atoms with Gasteiger partial charge in [-0.1, -0.05) is 17.7 Å². The predicted molar refractivity (Wildman–Crippen MR) is 108 cm³/mol. The second kappa shape index (κ2) is 7.68. The molecule has 2 aliphatic heterocycles. The summed E-state index contributed by atoms with van der Waals surface area (Å²) in [6.45, 7) is 9.33. The minimum atomic E-state index is -0.491. The zero-order valence-corrected chi connectivity index (χ0v) is 17.3. The zero-order valence-electron chi connectivity index (χ0n) is 15.8. The minimum absolute atomic E-state index is 0. The molecular weight excluding hydrogens is 374 g/mol. The number of piperidine rings is 1. The molecule has 2 aliphatic rings. The number of hydrogen-bond acceptors (Lipinski definition) is 4. The number of carbonyl (C=O) groups is 1. The van der Waals surface area contributed by atoms with Crippen molar-refractivity contribution in [1.29, 1.82) is 0 Å². The van der Waals surface area contributed by atoms with Gasteiger partial charge in [0.15, 0.2) is 0 Å². The van der Waals surface area contributed by atoms with Crippen LogP contribution in [-0.4, -0.2) is 48.3 Å². The molecule has 2 heterocycles. The van der Waals surface area contributed by atoms with Gasteiger partial charge in [0.2, 0.25) is 0 Å². The number of rotatable bonds is 2. The lowest BCUT2D eigenvalue weighted by Gasteiger charge is -2.32. The smallest absolute Gasteiger partial charge is 0.399 e. The van der Waals surface area contributed by atoms with E-state index < -0.39 is 18.3 Å². The van der Waals surface area contributed by atoms with E-state index in [1.165, 1.54) is 0 Å². The summed E-state index contributed by atoms with van der Waals surface area (Å²) in [7, 11) is -0.491. The Morgan fingerprint density at radius 1 is 1.27 bits per heavy atom. The summed E-state index contributed by atoms with van der Waals surface area (Å²) < 4.78 is 12.1. The third-order valence-corrected chi connectivity index (χ3v) is 5.81. The van der Waals surface area contributed by atoms with Crippen LogP contribution in [0.25, 0.3) is 0 Å². The topological polar surface area (TPSA) is 64.8 Å². The highest BCUT2D eigenvalue weighted by Crippen LogP contribution is 2.36. The van der Waals surface area contributed by atoms with Crippen LogP contribution in [0.4, 0.5) is 0 Å². The van der Waals surface area contributed by atoms with Gasteiger partial charge in [-0.05, 0) is 58.1 Å². The predicted octanol–water partition coefficient (Wildman–Crippen LogP) is 2.62. The lowest BCUT2D eigenvalue weighted by atomic mass is 9.79. The summed E-state index contributed by atoms with van der Waals surface area (Å²) in [6, 6.07) is 5.41. The molecule has 1 aromatic rings. The average molecular weight is 401 g/mol. The van der Waals surface area contributed by atoms with Crippen molar-refractivity contribution in [3.8, 4) is 0 Å². The van der Waals surface area contributed by atoms with Gasteiger partial charge in [-0.2, -0.15) is 0 Å². The van der Waals surface area contributed by atoms with E-state index in [0.717, 1.165) is 24.8 Å². The van der Waals surface area contributed by atoms with Crippen molar-refractivity contribution in [3.63, 3.8) is 0 Å². The summed E-state index contributed by atoms with van der Waals surface area (Å²) in [6.07, 6.45) is 1.88. The molecule has 1 amide bonds. The molecular formula is C18H27BCl2N2O3. The van der Waals surface area contributed by atoms with Crippen LogP contribution in [0, 0.1) is 0 Å². The van der Waals surface area contributed by atoms with E-state index in [1.807, 2.05) is 33.8 Å². The first kappa shape index (κ1) is 21.5. The zero-order chi connectivity index (χ0) is 18.4. The van der Waals surface area contributed by atoms with Crippen LogP contribution in [0.15, 0.2) is 18.2 Å². The Bertz CT molecular complexity index is 668. The SMILES string of the molecule is CC1(C)OB(c2ccc(C(=O)N3CCCC(N)C3)c(Cl)c2)OC1(C)C.Cl. The summed E-state index contributed by atoms with van der Waals surface area (Å²) >= 11 is 6.41. The van der Waals surface area contributed by atoms with Crippen molar-refractivity contribution in [2.45, 2.75) is 57.8 Å². The van der Waals surface area contributed by atoms with Crippen LogP contribution in [0.1, 0.15) is 50.9 Å². The second-order valence-electron chi connectivity index (χ2n) is 7.98. The molecule has 1 unspecified atom stereocenters. The highest BCUT2D eigenvalue weighted by atomic mass is 35.5. The Hall–Kier alpha value is -0.785. The van der Waals surface area contributed by atoms with Crippen molar-refractivity contribution in [2.75, 3.05) is 13.1 Å². The van der Waals surface area contributed by atoms with Crippen LogP contribution < -0.4 is 11.2 Å². The van der Waals surface area contributed by atoms with Crippen molar-refractivity contribution in [2.24, 2.45) is 5.73 Å². The number of benzene rings is 1. The second-order valence-corrected chi connectivity index (χ2v) is 8.39. The number of hydrogen-bond donors (Lipinski definition) is 1. The van der Waals surface area contributed by atoms with Crippen LogP contribution in [0.5, 0.6) is 0 Å². The van der Waals surface area contributed by atoms with Gasteiger partial charge >= 0.3 is 7.12 Å². The number of nitrogens with two attached hydrogens (primary N) is 1. The first-order valence-electron chi connectivity index (χ1n) is 8.81. The monoisotopic (exact) mass is 400 g/mol. The molecule has 0 aromatic heterocycles. The summed E-state index contributed by atoms with van der Waals surface area (Å²) in [5.74, 6) is -0.0689. The van der Waals surface area contributed by atoms with Gasteiger partial charge in [-0.3, -0.25) is 4.79 Å². The third-order valence-electron chi connectivity index (χ3n) is 5.49. The molecule has 2 fully saturated rings. The summed E-state index contributed by atoms with van der Waals surface area (Å²) in [5.41, 5.74) is 6.46. The van der Waals surface area contributed by atoms with E-state index in [0.29, 0.717) is 17.1 Å². The van der Waals surface area contributed by atoms with Gasteiger partial charge in [0.1, 0.15) is 0 Å². The molecule has 0 spiro atoms. The quantitative estimate of drug-likeness (QED) is 0.775. The Morgan fingerprint density at radius 3 is 2.42 bits per heavy atom. The third kappa shape index (κ3) is 4.05. The average Bonchev–Trinajstić information content (AvgIpc) is 2.75. The van der Waals surface area contributed by atoms with E-state index >= 15 is 0 Å². The first-order chi connectivity index (χ1) is 11.6. The van der Waals surface area contributed by atoms with E-state index in [2.05, 4.69) is 0 Å². The molecule has 8 heteroatoms. The number of carbonyl (C=O) groups excluding carboxylic acids is 1. The van der Waals surface area contributed by atoms with Gasteiger partial charge in [0.25, 0.3) is 5.91 Å². The molecule has 0 aliphatic carbocycles. The van der Waals surface area contributed by atoms with Crippen molar-refractivity contribution in [1.82, 2.24) is 4.90 Å². The maximum absolute atomic E-state index is 12.7. The van der Waals surface area contributed by atoms with E-state index in [9.17, 15) is 4.79 Å². The van der Waals surface area contributed by atoms with Gasteiger partial charge < -0.3 is 19.9 Å². The fourth-order valence-electron chi connectivity index (χ4n) is 3.20. The Balaban J connectivity index is 0.00000243. The Labute approximate surface area is 167 Å². The van der Waals surface area contributed by atoms with Gasteiger partial charge in [-0.15, -0.1) is 12.4 Å². The van der Waals surface area contributed by atoms with Crippen molar-refractivity contribution in [3.05, 3.63) is 28.8 Å². The molecule has 0 saturated carbocycles. The molecule has 2 saturated heterocycles. The highest BCUT2D eigenvalue weighted by Gasteiger charge is 2.51. The normalized spacial score (nSPS) is 24.3. The van der Waals surface area contributed by atoms with Crippen LogP contribution in [-0.2, 0) is 9.31 Å². The molecule has 26 heavy (non-hydrogen) atoms. The van der Waals surface area contributed by atoms with Gasteiger partial charge in [0, 0.05) is 19.1 Å². The highest BCUT2D eigenvalue weighted by molar-refractivity contribution is 6.62. The maximum atomic E-state index is 12.7.